The molecule has 4 aliphatic rings. The van der Waals surface area contributed by atoms with Gasteiger partial charge < -0.3 is 10.2 Å². The van der Waals surface area contributed by atoms with Crippen molar-refractivity contribution in [3.63, 3.8) is 0 Å². The quantitative estimate of drug-likeness (QED) is 0.720. The molecule has 1 aromatic heterocycles. The molecule has 1 aromatic rings. The molecule has 5 rings (SSSR count). The second-order valence-electron chi connectivity index (χ2n) is 9.65. The third-order valence-corrected chi connectivity index (χ3v) is 8.87. The van der Waals surface area contributed by atoms with Crippen LogP contribution in [0.25, 0.3) is 6.08 Å². The number of fused-ring (bicyclic) bond motifs is 6. The van der Waals surface area contributed by atoms with Crippen LogP contribution in [-0.4, -0.2) is 32.0 Å². The number of carboxylic acid groups (broad SMARTS) is 1. The Morgan fingerprint density at radius 2 is 2.00 bits per heavy atom. The number of rotatable bonds is 1. The molecule has 0 radical (unpaired) electrons. The largest absolute Gasteiger partial charge is 0.479 e. The Morgan fingerprint density at radius 3 is 2.77 bits per heavy atom. The molecule has 0 aromatic carbocycles. The second kappa shape index (κ2) is 5.00. The highest BCUT2D eigenvalue weighted by Gasteiger charge is 2.66. The summed E-state index contributed by atoms with van der Waals surface area (Å²) < 4.78 is 0. The van der Waals surface area contributed by atoms with Crippen molar-refractivity contribution in [1.82, 2.24) is 10.2 Å². The molecule has 26 heavy (non-hydrogen) atoms. The molecule has 3 saturated carbocycles. The number of hydrogen-bond acceptors (Lipinski definition) is 3. The van der Waals surface area contributed by atoms with Gasteiger partial charge in [-0.25, -0.2) is 4.79 Å². The monoisotopic (exact) mass is 356 g/mol. The van der Waals surface area contributed by atoms with E-state index in [-0.39, 0.29) is 5.41 Å². The van der Waals surface area contributed by atoms with Gasteiger partial charge in [-0.15, -0.1) is 0 Å². The van der Waals surface area contributed by atoms with Gasteiger partial charge in [-0.2, -0.15) is 5.10 Å². The van der Waals surface area contributed by atoms with Crippen LogP contribution in [0.4, 0.5) is 0 Å². The zero-order chi connectivity index (χ0) is 18.3. The van der Waals surface area contributed by atoms with Crippen LogP contribution in [0.1, 0.15) is 63.6 Å². The molecule has 0 spiro atoms. The minimum absolute atomic E-state index is 0.144. The summed E-state index contributed by atoms with van der Waals surface area (Å²) in [6, 6.07) is 0. The fraction of sp³-hybridized carbons (Fsp3) is 0.714. The summed E-state index contributed by atoms with van der Waals surface area (Å²) in [7, 11) is 0. The zero-order valence-electron chi connectivity index (χ0n) is 15.6. The van der Waals surface area contributed by atoms with E-state index in [2.05, 4.69) is 23.2 Å². The fourth-order valence-electron chi connectivity index (χ4n) is 7.33. The van der Waals surface area contributed by atoms with Crippen LogP contribution in [0.5, 0.6) is 0 Å². The number of aromatic amines is 1. The maximum atomic E-state index is 11.9. The van der Waals surface area contributed by atoms with E-state index in [9.17, 15) is 15.0 Å². The molecular formula is C21H28N2O3. The fourth-order valence-corrected chi connectivity index (χ4v) is 7.33. The van der Waals surface area contributed by atoms with Gasteiger partial charge in [-0.3, -0.25) is 5.10 Å². The zero-order valence-corrected chi connectivity index (χ0v) is 15.6. The number of carbonyl (C=O) groups is 1. The molecule has 6 atom stereocenters. The summed E-state index contributed by atoms with van der Waals surface area (Å²) in [5.41, 5.74) is 2.10. The summed E-state index contributed by atoms with van der Waals surface area (Å²) in [5, 5.41) is 28.1. The smallest absolute Gasteiger partial charge is 0.336 e. The van der Waals surface area contributed by atoms with Gasteiger partial charge in [-0.05, 0) is 79.8 Å². The summed E-state index contributed by atoms with van der Waals surface area (Å²) in [4.78, 5) is 11.9. The highest BCUT2D eigenvalue weighted by Crippen LogP contribution is 2.67. The molecule has 3 N–H and O–H groups in total. The molecule has 4 aliphatic carbocycles. The predicted molar refractivity (Wildman–Crippen MR) is 97.2 cm³/mol. The number of hydrogen-bond donors (Lipinski definition) is 3. The van der Waals surface area contributed by atoms with Gasteiger partial charge in [0, 0.05) is 5.41 Å². The van der Waals surface area contributed by atoms with Gasteiger partial charge in [-0.1, -0.05) is 19.4 Å². The van der Waals surface area contributed by atoms with Gasteiger partial charge in [0.05, 0.1) is 11.9 Å². The number of carboxylic acids is 1. The molecule has 5 nitrogen and oxygen atoms in total. The van der Waals surface area contributed by atoms with Crippen LogP contribution < -0.4 is 0 Å². The minimum Gasteiger partial charge on any atom is -0.479 e. The SMILES string of the molecule is CC12Cc3cn[nH]c3C=C1CCC1C2CCC2(C)C1CCC2(O)C(=O)O. The first-order valence-electron chi connectivity index (χ1n) is 9.99. The van der Waals surface area contributed by atoms with E-state index in [4.69, 9.17) is 0 Å². The van der Waals surface area contributed by atoms with Crippen molar-refractivity contribution in [1.29, 1.82) is 0 Å². The summed E-state index contributed by atoms with van der Waals surface area (Å²) in [6.07, 6.45) is 10.6. The maximum Gasteiger partial charge on any atom is 0.336 e. The lowest BCUT2D eigenvalue weighted by Crippen LogP contribution is -2.57. The number of nitrogens with one attached hydrogen (secondary N) is 1. The molecule has 6 unspecified atom stereocenters. The van der Waals surface area contributed by atoms with E-state index in [1.54, 1.807) is 0 Å². The van der Waals surface area contributed by atoms with Crippen molar-refractivity contribution >= 4 is 12.0 Å². The molecule has 0 saturated heterocycles. The van der Waals surface area contributed by atoms with Gasteiger partial charge in [0.2, 0.25) is 0 Å². The molecule has 0 aliphatic heterocycles. The van der Waals surface area contributed by atoms with E-state index in [1.807, 2.05) is 13.1 Å². The molecule has 1 heterocycles. The topological polar surface area (TPSA) is 86.2 Å². The highest BCUT2D eigenvalue weighted by molar-refractivity contribution is 5.79. The van der Waals surface area contributed by atoms with Crippen LogP contribution in [0, 0.1) is 28.6 Å². The Bertz CT molecular complexity index is 814. The van der Waals surface area contributed by atoms with E-state index in [0.717, 1.165) is 44.2 Å². The van der Waals surface area contributed by atoms with E-state index < -0.39 is 17.0 Å². The van der Waals surface area contributed by atoms with Crippen molar-refractivity contribution < 1.29 is 15.0 Å². The van der Waals surface area contributed by atoms with Crippen molar-refractivity contribution in [2.75, 3.05) is 0 Å². The third kappa shape index (κ3) is 1.80. The van der Waals surface area contributed by atoms with Gasteiger partial charge in [0.15, 0.2) is 5.60 Å². The number of aromatic nitrogens is 2. The minimum atomic E-state index is -1.55. The third-order valence-electron chi connectivity index (χ3n) is 8.87. The lowest BCUT2D eigenvalue weighted by atomic mass is 9.46. The van der Waals surface area contributed by atoms with Crippen LogP contribution >= 0.6 is 0 Å². The Balaban J connectivity index is 1.52. The lowest BCUT2D eigenvalue weighted by Gasteiger charge is -2.58. The standard InChI is InChI=1S/C21H28N2O3/c1-19-10-12-11-22-23-17(12)9-13(19)3-4-14-15(19)5-7-20(2)16(14)6-8-21(20,26)18(24)25/h9,11,14-16,26H,3-8,10H2,1-2H3,(H,22,23)(H,24,25). The number of aliphatic carboxylic acids is 1. The summed E-state index contributed by atoms with van der Waals surface area (Å²) in [5.74, 6) is 0.369. The van der Waals surface area contributed by atoms with Crippen molar-refractivity contribution in [3.05, 3.63) is 23.0 Å². The second-order valence-corrected chi connectivity index (χ2v) is 9.65. The van der Waals surface area contributed by atoms with E-state index in [1.165, 1.54) is 11.1 Å². The first-order chi connectivity index (χ1) is 12.3. The Hall–Kier alpha value is -1.62. The summed E-state index contributed by atoms with van der Waals surface area (Å²) in [6.45, 7) is 4.45. The number of nitrogens with zero attached hydrogens (tertiary/aromatic N) is 1. The molecular weight excluding hydrogens is 328 g/mol. The average molecular weight is 356 g/mol. The van der Waals surface area contributed by atoms with Crippen LogP contribution in [0.3, 0.4) is 0 Å². The lowest BCUT2D eigenvalue weighted by molar-refractivity contribution is -0.181. The average Bonchev–Trinajstić information content (AvgIpc) is 3.14. The Morgan fingerprint density at radius 1 is 1.23 bits per heavy atom. The van der Waals surface area contributed by atoms with Crippen molar-refractivity contribution in [2.45, 2.75) is 64.4 Å². The molecule has 0 bridgehead atoms. The Labute approximate surface area is 153 Å². The maximum absolute atomic E-state index is 11.9. The van der Waals surface area contributed by atoms with Crippen LogP contribution in [0.2, 0.25) is 0 Å². The molecule has 5 heteroatoms. The Kier molecular flexibility index (Phi) is 3.18. The van der Waals surface area contributed by atoms with E-state index >= 15 is 0 Å². The van der Waals surface area contributed by atoms with Crippen LogP contribution in [-0.2, 0) is 11.2 Å². The molecule has 140 valence electrons. The van der Waals surface area contributed by atoms with E-state index in [0.29, 0.717) is 24.2 Å². The predicted octanol–water partition coefficient (Wildman–Crippen LogP) is 3.41. The summed E-state index contributed by atoms with van der Waals surface area (Å²) >= 11 is 0. The number of aliphatic hydroxyl groups is 1. The number of H-pyrrole nitrogens is 1. The molecule has 0 amide bonds. The normalized spacial score (nSPS) is 46.6. The first kappa shape index (κ1) is 16.5. The van der Waals surface area contributed by atoms with Gasteiger partial charge >= 0.3 is 5.97 Å². The van der Waals surface area contributed by atoms with Crippen molar-refractivity contribution in [2.24, 2.45) is 28.6 Å². The van der Waals surface area contributed by atoms with Crippen LogP contribution in [0.15, 0.2) is 11.8 Å². The van der Waals surface area contributed by atoms with Crippen molar-refractivity contribution in [3.8, 4) is 0 Å². The molecule has 3 fully saturated rings. The number of allylic oxidation sites excluding steroid dienone is 1. The van der Waals surface area contributed by atoms with Gasteiger partial charge in [0.25, 0.3) is 0 Å². The van der Waals surface area contributed by atoms with Gasteiger partial charge in [0.1, 0.15) is 0 Å². The highest BCUT2D eigenvalue weighted by atomic mass is 16.4. The first-order valence-corrected chi connectivity index (χ1v) is 9.99.